The molecule has 10 heteroatoms. The first-order valence-electron chi connectivity index (χ1n) is 10.3. The van der Waals surface area contributed by atoms with E-state index in [2.05, 4.69) is 21.3 Å². The standard InChI is InChI=1S/C22H24F4N4O2/c23-17-6-4-15(9-19(17)25)29-21(31)27-11-13-2-1-3-14(8-13)12-28-22(32)30-16-5-7-18(24)20(26)10-16/h4-7,9-10,13-14H,1-3,8,11-12H2,(H2,27,29,31)(H2,28,30,32). The molecule has 2 unspecified atom stereocenters. The van der Waals surface area contributed by atoms with Crippen LogP contribution >= 0.6 is 0 Å². The Morgan fingerprint density at radius 1 is 0.719 bits per heavy atom. The second-order valence-corrected chi connectivity index (χ2v) is 7.83. The number of benzene rings is 2. The molecule has 0 aliphatic heterocycles. The third kappa shape index (κ3) is 6.86. The number of nitrogens with one attached hydrogen (secondary N) is 4. The number of carbonyl (C=O) groups excluding carboxylic acids is 2. The summed E-state index contributed by atoms with van der Waals surface area (Å²) in [6, 6.07) is 5.20. The van der Waals surface area contributed by atoms with Crippen molar-refractivity contribution in [1.29, 1.82) is 0 Å². The zero-order valence-corrected chi connectivity index (χ0v) is 17.2. The van der Waals surface area contributed by atoms with E-state index < -0.39 is 35.3 Å². The van der Waals surface area contributed by atoms with Crippen molar-refractivity contribution in [2.45, 2.75) is 25.7 Å². The molecule has 0 spiro atoms. The van der Waals surface area contributed by atoms with E-state index in [0.717, 1.165) is 49.9 Å². The molecule has 1 aliphatic carbocycles. The molecule has 1 saturated carbocycles. The molecule has 0 aromatic heterocycles. The van der Waals surface area contributed by atoms with E-state index in [1.165, 1.54) is 12.1 Å². The third-order valence-corrected chi connectivity index (χ3v) is 5.35. The highest BCUT2D eigenvalue weighted by Gasteiger charge is 2.23. The van der Waals surface area contributed by atoms with Crippen LogP contribution in [-0.4, -0.2) is 25.2 Å². The van der Waals surface area contributed by atoms with Crippen LogP contribution in [0.15, 0.2) is 36.4 Å². The van der Waals surface area contributed by atoms with Crippen LogP contribution in [0.1, 0.15) is 25.7 Å². The fourth-order valence-corrected chi connectivity index (χ4v) is 3.75. The Bertz CT molecular complexity index is 897. The molecular weight excluding hydrogens is 428 g/mol. The number of anilines is 2. The topological polar surface area (TPSA) is 82.3 Å². The number of hydrogen-bond acceptors (Lipinski definition) is 2. The molecular formula is C22H24F4N4O2. The van der Waals surface area contributed by atoms with Crippen molar-refractivity contribution in [3.8, 4) is 0 Å². The molecule has 4 N–H and O–H groups in total. The fraction of sp³-hybridized carbons (Fsp3) is 0.364. The number of halogens is 4. The number of urea groups is 2. The second kappa shape index (κ2) is 10.8. The molecule has 0 heterocycles. The minimum atomic E-state index is -1.04. The lowest BCUT2D eigenvalue weighted by Crippen LogP contribution is -2.38. The van der Waals surface area contributed by atoms with Crippen molar-refractivity contribution in [3.63, 3.8) is 0 Å². The lowest BCUT2D eigenvalue weighted by molar-refractivity contribution is 0.230. The van der Waals surface area contributed by atoms with Gasteiger partial charge in [0.1, 0.15) is 0 Å². The van der Waals surface area contributed by atoms with Gasteiger partial charge in [0.2, 0.25) is 0 Å². The lowest BCUT2D eigenvalue weighted by atomic mass is 9.81. The lowest BCUT2D eigenvalue weighted by Gasteiger charge is -2.29. The van der Waals surface area contributed by atoms with Gasteiger partial charge in [0.05, 0.1) is 0 Å². The van der Waals surface area contributed by atoms with Gasteiger partial charge in [-0.3, -0.25) is 0 Å². The van der Waals surface area contributed by atoms with Gasteiger partial charge in [-0.25, -0.2) is 27.2 Å². The predicted molar refractivity (Wildman–Crippen MR) is 112 cm³/mol. The van der Waals surface area contributed by atoms with Gasteiger partial charge in [0.15, 0.2) is 23.3 Å². The van der Waals surface area contributed by atoms with Gasteiger partial charge in [0, 0.05) is 36.6 Å². The summed E-state index contributed by atoms with van der Waals surface area (Å²) in [6.45, 7) is 0.820. The van der Waals surface area contributed by atoms with Crippen LogP contribution in [0.25, 0.3) is 0 Å². The van der Waals surface area contributed by atoms with Gasteiger partial charge >= 0.3 is 12.1 Å². The van der Waals surface area contributed by atoms with Crippen molar-refractivity contribution in [2.75, 3.05) is 23.7 Å². The van der Waals surface area contributed by atoms with E-state index in [1.807, 2.05) is 0 Å². The molecule has 1 fully saturated rings. The molecule has 2 aromatic carbocycles. The number of carbonyl (C=O) groups is 2. The first-order chi connectivity index (χ1) is 15.3. The zero-order chi connectivity index (χ0) is 23.1. The van der Waals surface area contributed by atoms with Crippen molar-refractivity contribution in [1.82, 2.24) is 10.6 Å². The largest absolute Gasteiger partial charge is 0.338 e. The average Bonchev–Trinajstić information content (AvgIpc) is 2.76. The summed E-state index contributed by atoms with van der Waals surface area (Å²) >= 11 is 0. The van der Waals surface area contributed by atoms with Gasteiger partial charge in [-0.1, -0.05) is 6.42 Å². The van der Waals surface area contributed by atoms with E-state index in [9.17, 15) is 27.2 Å². The minimum absolute atomic E-state index is 0.152. The molecule has 0 radical (unpaired) electrons. The van der Waals surface area contributed by atoms with E-state index in [-0.39, 0.29) is 23.2 Å². The Hall–Kier alpha value is -3.30. The monoisotopic (exact) mass is 452 g/mol. The van der Waals surface area contributed by atoms with Crippen molar-refractivity contribution in [3.05, 3.63) is 59.7 Å². The van der Waals surface area contributed by atoms with Crippen LogP contribution in [0.2, 0.25) is 0 Å². The number of hydrogen-bond donors (Lipinski definition) is 4. The van der Waals surface area contributed by atoms with E-state index >= 15 is 0 Å². The Labute approximate surface area is 182 Å². The van der Waals surface area contributed by atoms with Crippen LogP contribution in [0.3, 0.4) is 0 Å². The summed E-state index contributed by atoms with van der Waals surface area (Å²) in [5, 5.41) is 10.4. The van der Waals surface area contributed by atoms with E-state index in [0.29, 0.717) is 13.1 Å². The van der Waals surface area contributed by atoms with Gasteiger partial charge in [-0.15, -0.1) is 0 Å². The molecule has 2 aromatic rings. The molecule has 1 aliphatic rings. The number of rotatable bonds is 6. The first-order valence-corrected chi connectivity index (χ1v) is 10.3. The minimum Gasteiger partial charge on any atom is -0.338 e. The van der Waals surface area contributed by atoms with Crippen LogP contribution in [0.4, 0.5) is 38.5 Å². The summed E-state index contributed by atoms with van der Waals surface area (Å²) in [7, 11) is 0. The van der Waals surface area contributed by atoms with Gasteiger partial charge in [-0.05, 0) is 55.4 Å². The highest BCUT2D eigenvalue weighted by Crippen LogP contribution is 2.28. The summed E-state index contributed by atoms with van der Waals surface area (Å²) in [5.41, 5.74) is 0.304. The molecule has 4 amide bonds. The van der Waals surface area contributed by atoms with Gasteiger partial charge in [0.25, 0.3) is 0 Å². The normalized spacial score (nSPS) is 18.0. The summed E-state index contributed by atoms with van der Waals surface area (Å²) in [5.74, 6) is -3.65. The molecule has 0 saturated heterocycles. The molecule has 2 atom stereocenters. The summed E-state index contributed by atoms with van der Waals surface area (Å²) < 4.78 is 52.4. The summed E-state index contributed by atoms with van der Waals surface area (Å²) in [6.07, 6.45) is 3.57. The van der Waals surface area contributed by atoms with Crippen LogP contribution in [0.5, 0.6) is 0 Å². The van der Waals surface area contributed by atoms with Crippen molar-refractivity contribution >= 4 is 23.4 Å². The maximum atomic E-state index is 13.2. The Kier molecular flexibility index (Phi) is 7.91. The van der Waals surface area contributed by atoms with E-state index in [4.69, 9.17) is 0 Å². The van der Waals surface area contributed by atoms with Crippen LogP contribution in [0, 0.1) is 35.1 Å². The molecule has 172 valence electrons. The SMILES string of the molecule is O=C(NCC1CCCC(CNC(=O)Nc2ccc(F)c(F)c2)C1)Nc1ccc(F)c(F)c1. The Morgan fingerprint density at radius 2 is 1.16 bits per heavy atom. The second-order valence-electron chi connectivity index (χ2n) is 7.83. The Morgan fingerprint density at radius 3 is 1.56 bits per heavy atom. The first kappa shape index (κ1) is 23.4. The number of amides is 4. The maximum absolute atomic E-state index is 13.2. The van der Waals surface area contributed by atoms with Crippen molar-refractivity contribution in [2.24, 2.45) is 11.8 Å². The molecule has 32 heavy (non-hydrogen) atoms. The molecule has 6 nitrogen and oxygen atoms in total. The highest BCUT2D eigenvalue weighted by molar-refractivity contribution is 5.89. The maximum Gasteiger partial charge on any atom is 0.319 e. The van der Waals surface area contributed by atoms with Gasteiger partial charge < -0.3 is 21.3 Å². The quantitative estimate of drug-likeness (QED) is 0.466. The highest BCUT2D eigenvalue weighted by atomic mass is 19.2. The van der Waals surface area contributed by atoms with Crippen LogP contribution in [-0.2, 0) is 0 Å². The average molecular weight is 452 g/mol. The smallest absolute Gasteiger partial charge is 0.319 e. The molecule has 0 bridgehead atoms. The zero-order valence-electron chi connectivity index (χ0n) is 17.2. The van der Waals surface area contributed by atoms with Gasteiger partial charge in [-0.2, -0.15) is 0 Å². The predicted octanol–water partition coefficient (Wildman–Crippen LogP) is 4.99. The van der Waals surface area contributed by atoms with Crippen LogP contribution < -0.4 is 21.3 Å². The Balaban J connectivity index is 1.38. The molecule has 3 rings (SSSR count). The fourth-order valence-electron chi connectivity index (χ4n) is 3.75. The van der Waals surface area contributed by atoms with E-state index in [1.54, 1.807) is 0 Å². The summed E-state index contributed by atoms with van der Waals surface area (Å²) in [4.78, 5) is 24.0. The van der Waals surface area contributed by atoms with Crippen molar-refractivity contribution < 1.29 is 27.2 Å². The third-order valence-electron chi connectivity index (χ3n) is 5.35.